The molecular weight excluding hydrogens is 190 g/mol. The summed E-state index contributed by atoms with van der Waals surface area (Å²) in [6.07, 6.45) is 2.30. The Kier molecular flexibility index (Phi) is 2.41. The van der Waals surface area contributed by atoms with Crippen molar-refractivity contribution in [1.82, 2.24) is 0 Å². The van der Waals surface area contributed by atoms with Gasteiger partial charge < -0.3 is 5.73 Å². The molecule has 0 spiro atoms. The molecule has 0 aromatic heterocycles. The summed E-state index contributed by atoms with van der Waals surface area (Å²) >= 11 is 0. The maximum atomic E-state index is 11.7. The average molecular weight is 203 g/mol. The Morgan fingerprint density at radius 2 is 2.07 bits per heavy atom. The normalized spacial score (nSPS) is 20.7. The SMILES string of the molecule is CC1C=NN(c2ccc(N)cc2)C(=O)C1. The summed E-state index contributed by atoms with van der Waals surface area (Å²) < 4.78 is 0. The van der Waals surface area contributed by atoms with Crippen LogP contribution in [0.4, 0.5) is 11.4 Å². The van der Waals surface area contributed by atoms with Crippen LogP contribution in [-0.2, 0) is 4.79 Å². The smallest absolute Gasteiger partial charge is 0.248 e. The second-order valence-electron chi connectivity index (χ2n) is 3.74. The highest BCUT2D eigenvalue weighted by molar-refractivity contribution is 5.97. The van der Waals surface area contributed by atoms with Crippen molar-refractivity contribution >= 4 is 23.5 Å². The standard InChI is InChI=1S/C11H13N3O/c1-8-6-11(15)14(13-7-8)10-4-2-9(12)3-5-10/h2-5,7-8H,6,12H2,1H3. The first-order valence-corrected chi connectivity index (χ1v) is 4.89. The Bertz CT molecular complexity index is 397. The van der Waals surface area contributed by atoms with E-state index in [2.05, 4.69) is 5.10 Å². The fraction of sp³-hybridized carbons (Fsp3) is 0.273. The van der Waals surface area contributed by atoms with Gasteiger partial charge in [-0.3, -0.25) is 4.79 Å². The molecule has 0 bridgehead atoms. The van der Waals surface area contributed by atoms with Gasteiger partial charge in [-0.15, -0.1) is 0 Å². The number of amides is 1. The third-order valence-corrected chi connectivity index (χ3v) is 2.31. The number of rotatable bonds is 1. The van der Waals surface area contributed by atoms with Gasteiger partial charge in [-0.05, 0) is 24.3 Å². The first-order chi connectivity index (χ1) is 7.16. The van der Waals surface area contributed by atoms with Gasteiger partial charge in [0.15, 0.2) is 0 Å². The molecular formula is C11H13N3O. The van der Waals surface area contributed by atoms with Crippen molar-refractivity contribution < 1.29 is 4.79 Å². The average Bonchev–Trinajstić information content (AvgIpc) is 2.20. The first kappa shape index (κ1) is 9.71. The molecule has 4 heteroatoms. The van der Waals surface area contributed by atoms with E-state index in [4.69, 9.17) is 5.73 Å². The van der Waals surface area contributed by atoms with Gasteiger partial charge in [-0.25, -0.2) is 5.01 Å². The minimum atomic E-state index is 0.0229. The van der Waals surface area contributed by atoms with Gasteiger partial charge >= 0.3 is 0 Å². The third-order valence-electron chi connectivity index (χ3n) is 2.31. The Balaban J connectivity index is 2.27. The summed E-state index contributed by atoms with van der Waals surface area (Å²) in [6, 6.07) is 7.10. The zero-order valence-electron chi connectivity index (χ0n) is 8.55. The summed E-state index contributed by atoms with van der Waals surface area (Å²) in [7, 11) is 0. The predicted octanol–water partition coefficient (Wildman–Crippen LogP) is 1.63. The lowest BCUT2D eigenvalue weighted by molar-refractivity contribution is -0.119. The van der Waals surface area contributed by atoms with E-state index in [9.17, 15) is 4.79 Å². The number of anilines is 2. The number of nitrogen functional groups attached to an aromatic ring is 1. The zero-order chi connectivity index (χ0) is 10.8. The highest BCUT2D eigenvalue weighted by atomic mass is 16.2. The third kappa shape index (κ3) is 1.98. The summed E-state index contributed by atoms with van der Waals surface area (Å²) in [5.74, 6) is 0.248. The number of hydrogen-bond donors (Lipinski definition) is 1. The highest BCUT2D eigenvalue weighted by Crippen LogP contribution is 2.21. The van der Waals surface area contributed by atoms with Gasteiger partial charge in [-0.1, -0.05) is 6.92 Å². The fourth-order valence-electron chi connectivity index (χ4n) is 1.49. The molecule has 0 radical (unpaired) electrons. The van der Waals surface area contributed by atoms with Crippen LogP contribution >= 0.6 is 0 Å². The number of carbonyl (C=O) groups is 1. The van der Waals surface area contributed by atoms with Crippen molar-refractivity contribution in [2.75, 3.05) is 10.7 Å². The molecule has 0 saturated heterocycles. The zero-order valence-corrected chi connectivity index (χ0v) is 8.55. The van der Waals surface area contributed by atoms with Crippen molar-refractivity contribution in [2.24, 2.45) is 11.0 Å². The molecule has 1 heterocycles. The molecule has 1 amide bonds. The first-order valence-electron chi connectivity index (χ1n) is 4.89. The van der Waals surface area contributed by atoms with Gasteiger partial charge in [0.05, 0.1) is 5.69 Å². The lowest BCUT2D eigenvalue weighted by atomic mass is 10.1. The Morgan fingerprint density at radius 3 is 2.67 bits per heavy atom. The number of carbonyl (C=O) groups excluding carboxylic acids is 1. The molecule has 78 valence electrons. The molecule has 0 fully saturated rings. The summed E-state index contributed by atoms with van der Waals surface area (Å²) in [6.45, 7) is 1.97. The monoisotopic (exact) mass is 203 g/mol. The van der Waals surface area contributed by atoms with Crippen LogP contribution in [0.3, 0.4) is 0 Å². The molecule has 1 atom stereocenters. The van der Waals surface area contributed by atoms with Crippen LogP contribution < -0.4 is 10.7 Å². The topological polar surface area (TPSA) is 58.7 Å². The molecule has 4 nitrogen and oxygen atoms in total. The summed E-state index contributed by atoms with van der Waals surface area (Å²) in [5.41, 5.74) is 7.01. The van der Waals surface area contributed by atoms with Crippen LogP contribution in [0.2, 0.25) is 0 Å². The molecule has 1 aromatic rings. The lowest BCUT2D eigenvalue weighted by Crippen LogP contribution is -2.31. The van der Waals surface area contributed by atoms with E-state index in [1.807, 2.05) is 6.92 Å². The summed E-state index contributed by atoms with van der Waals surface area (Å²) in [5, 5.41) is 5.53. The number of nitrogens with zero attached hydrogens (tertiary/aromatic N) is 2. The Morgan fingerprint density at radius 1 is 1.40 bits per heavy atom. The van der Waals surface area contributed by atoms with Crippen molar-refractivity contribution in [2.45, 2.75) is 13.3 Å². The van der Waals surface area contributed by atoms with Crippen molar-refractivity contribution in [3.05, 3.63) is 24.3 Å². The van der Waals surface area contributed by atoms with Crippen molar-refractivity contribution in [3.63, 3.8) is 0 Å². The molecule has 0 saturated carbocycles. The molecule has 2 rings (SSSR count). The number of hydrogen-bond acceptors (Lipinski definition) is 3. The molecule has 15 heavy (non-hydrogen) atoms. The van der Waals surface area contributed by atoms with Gasteiger partial charge in [-0.2, -0.15) is 5.10 Å². The molecule has 1 aromatic carbocycles. The second-order valence-corrected chi connectivity index (χ2v) is 3.74. The minimum Gasteiger partial charge on any atom is -0.399 e. The number of nitrogens with two attached hydrogens (primary N) is 1. The Labute approximate surface area is 88.4 Å². The molecule has 0 aliphatic carbocycles. The number of benzene rings is 1. The number of hydrazone groups is 1. The van der Waals surface area contributed by atoms with Gasteiger partial charge in [0.2, 0.25) is 5.91 Å². The van der Waals surface area contributed by atoms with Crippen molar-refractivity contribution in [3.8, 4) is 0 Å². The fourth-order valence-corrected chi connectivity index (χ4v) is 1.49. The predicted molar refractivity (Wildman–Crippen MR) is 60.6 cm³/mol. The Hall–Kier alpha value is -1.84. The van der Waals surface area contributed by atoms with Crippen LogP contribution in [0.5, 0.6) is 0 Å². The van der Waals surface area contributed by atoms with E-state index in [0.717, 1.165) is 5.69 Å². The van der Waals surface area contributed by atoms with Gasteiger partial charge in [0.1, 0.15) is 0 Å². The van der Waals surface area contributed by atoms with E-state index in [1.165, 1.54) is 5.01 Å². The van der Waals surface area contributed by atoms with Gasteiger partial charge in [0, 0.05) is 24.2 Å². The van der Waals surface area contributed by atoms with Crippen LogP contribution in [0.15, 0.2) is 29.4 Å². The second kappa shape index (κ2) is 3.73. The molecule has 2 N–H and O–H groups in total. The van der Waals surface area contributed by atoms with Crippen LogP contribution in [0.25, 0.3) is 0 Å². The molecule has 1 unspecified atom stereocenters. The van der Waals surface area contributed by atoms with Crippen LogP contribution in [0.1, 0.15) is 13.3 Å². The van der Waals surface area contributed by atoms with E-state index in [1.54, 1.807) is 30.5 Å². The highest BCUT2D eigenvalue weighted by Gasteiger charge is 2.20. The minimum absolute atomic E-state index is 0.0229. The van der Waals surface area contributed by atoms with Crippen molar-refractivity contribution in [1.29, 1.82) is 0 Å². The molecule has 1 aliphatic rings. The molecule has 1 aliphatic heterocycles. The van der Waals surface area contributed by atoms with E-state index < -0.39 is 0 Å². The van der Waals surface area contributed by atoms with Crippen LogP contribution in [0, 0.1) is 5.92 Å². The lowest BCUT2D eigenvalue weighted by Gasteiger charge is -2.22. The largest absolute Gasteiger partial charge is 0.399 e. The van der Waals surface area contributed by atoms with E-state index in [-0.39, 0.29) is 11.8 Å². The quantitative estimate of drug-likeness (QED) is 0.705. The summed E-state index contributed by atoms with van der Waals surface area (Å²) in [4.78, 5) is 11.7. The maximum Gasteiger partial charge on any atom is 0.248 e. The van der Waals surface area contributed by atoms with Gasteiger partial charge in [0.25, 0.3) is 0 Å². The van der Waals surface area contributed by atoms with E-state index in [0.29, 0.717) is 12.1 Å². The maximum absolute atomic E-state index is 11.7. The van der Waals surface area contributed by atoms with E-state index >= 15 is 0 Å². The van der Waals surface area contributed by atoms with Crippen LogP contribution in [-0.4, -0.2) is 12.1 Å².